The van der Waals surface area contributed by atoms with Crippen molar-refractivity contribution in [3.63, 3.8) is 0 Å². The number of amidine groups is 1. The molecule has 0 aromatic heterocycles. The maximum Gasteiger partial charge on any atom is 0.167 e. The van der Waals surface area contributed by atoms with E-state index in [1.807, 2.05) is 6.92 Å². The molecule has 0 saturated carbocycles. The first-order chi connectivity index (χ1) is 5.79. The van der Waals surface area contributed by atoms with E-state index in [9.17, 15) is 0 Å². The molecule has 3 nitrogen and oxygen atoms in total. The Labute approximate surface area is 76.7 Å². The van der Waals surface area contributed by atoms with Gasteiger partial charge in [0.1, 0.15) is 0 Å². The minimum atomic E-state index is 0.128. The van der Waals surface area contributed by atoms with Crippen LogP contribution in [0.5, 0.6) is 0 Å². The van der Waals surface area contributed by atoms with Crippen molar-refractivity contribution in [2.24, 2.45) is 10.7 Å². The third-order valence-electron chi connectivity index (χ3n) is 2.08. The molecule has 0 aliphatic carbocycles. The first kappa shape index (κ1) is 8.13. The average molecular weight is 183 g/mol. The molecule has 0 aromatic rings. The number of nitrogens with two attached hydrogens (primary N) is 1. The van der Waals surface area contributed by atoms with Gasteiger partial charge in [0.15, 0.2) is 5.17 Å². The lowest BCUT2D eigenvalue weighted by Gasteiger charge is -2.26. The van der Waals surface area contributed by atoms with Gasteiger partial charge in [0.2, 0.25) is 0 Å². The fraction of sp³-hybridized carbons (Fsp3) is 0.625. The molecule has 0 aromatic carbocycles. The van der Waals surface area contributed by atoms with E-state index >= 15 is 0 Å². The van der Waals surface area contributed by atoms with Crippen molar-refractivity contribution < 1.29 is 0 Å². The van der Waals surface area contributed by atoms with Gasteiger partial charge in [0, 0.05) is 30.2 Å². The largest absolute Gasteiger partial charge is 0.323 e. The van der Waals surface area contributed by atoms with E-state index in [2.05, 4.69) is 15.3 Å². The lowest BCUT2D eigenvalue weighted by atomic mass is 10.2. The van der Waals surface area contributed by atoms with E-state index in [4.69, 9.17) is 5.73 Å². The highest BCUT2D eigenvalue weighted by Gasteiger charge is 2.26. The van der Waals surface area contributed by atoms with Crippen LogP contribution in [-0.4, -0.2) is 29.2 Å². The molecule has 1 atom stereocenters. The number of hydrogen-bond acceptors (Lipinski definition) is 4. The number of hydrogen-bond donors (Lipinski definition) is 1. The Morgan fingerprint density at radius 3 is 3.33 bits per heavy atom. The minimum Gasteiger partial charge on any atom is -0.323 e. The van der Waals surface area contributed by atoms with E-state index in [0.29, 0.717) is 0 Å². The molecule has 2 aliphatic rings. The molecule has 4 heteroatoms. The van der Waals surface area contributed by atoms with Crippen LogP contribution in [-0.2, 0) is 0 Å². The van der Waals surface area contributed by atoms with Gasteiger partial charge in [-0.05, 0) is 13.3 Å². The Morgan fingerprint density at radius 1 is 1.75 bits per heavy atom. The summed E-state index contributed by atoms with van der Waals surface area (Å²) in [6.45, 7) is 4.07. The minimum absolute atomic E-state index is 0.128. The number of aliphatic imine (C=N–C) groups is 1. The van der Waals surface area contributed by atoms with Crippen LogP contribution in [0.4, 0.5) is 0 Å². The van der Waals surface area contributed by atoms with Gasteiger partial charge in [-0.2, -0.15) is 0 Å². The molecular weight excluding hydrogens is 170 g/mol. The number of rotatable bonds is 1. The summed E-state index contributed by atoms with van der Waals surface area (Å²) in [6.07, 6.45) is 1.15. The van der Waals surface area contributed by atoms with Gasteiger partial charge in [-0.15, -0.1) is 0 Å². The molecule has 0 amide bonds. The highest BCUT2D eigenvalue weighted by molar-refractivity contribution is 8.16. The maximum absolute atomic E-state index is 5.83. The molecule has 0 bridgehead atoms. The highest BCUT2D eigenvalue weighted by atomic mass is 32.2. The van der Waals surface area contributed by atoms with Crippen LogP contribution in [0.25, 0.3) is 0 Å². The van der Waals surface area contributed by atoms with Gasteiger partial charge in [-0.25, -0.2) is 0 Å². The Hall–Kier alpha value is -0.480. The Morgan fingerprint density at radius 2 is 2.58 bits per heavy atom. The zero-order chi connectivity index (χ0) is 8.55. The Bertz CT molecular complexity index is 245. The molecule has 66 valence electrons. The molecule has 2 heterocycles. The molecule has 0 saturated heterocycles. The van der Waals surface area contributed by atoms with Crippen LogP contribution >= 0.6 is 11.8 Å². The van der Waals surface area contributed by atoms with Gasteiger partial charge in [0.05, 0.1) is 0 Å². The van der Waals surface area contributed by atoms with E-state index < -0.39 is 0 Å². The summed E-state index contributed by atoms with van der Waals surface area (Å²) in [5.74, 6) is 0. The normalized spacial score (nSPS) is 24.7. The van der Waals surface area contributed by atoms with Crippen molar-refractivity contribution in [3.05, 3.63) is 11.1 Å². The van der Waals surface area contributed by atoms with Crippen LogP contribution in [0.2, 0.25) is 0 Å². The standard InChI is InChI=1S/C8H13N3S/c1-6(9)7-5-12-8-10-3-2-4-11(7)8/h5-6H,2-4,9H2,1H3. The number of thioether (sulfide) groups is 1. The van der Waals surface area contributed by atoms with Crippen LogP contribution in [0.1, 0.15) is 13.3 Å². The molecule has 2 aliphatic heterocycles. The highest BCUT2D eigenvalue weighted by Crippen LogP contribution is 2.29. The summed E-state index contributed by atoms with van der Waals surface area (Å²) in [5, 5.41) is 3.25. The van der Waals surface area contributed by atoms with Gasteiger partial charge in [-0.1, -0.05) is 11.8 Å². The second-order valence-corrected chi connectivity index (χ2v) is 3.96. The van der Waals surface area contributed by atoms with Crippen molar-refractivity contribution in [1.82, 2.24) is 4.90 Å². The Balaban J connectivity index is 2.19. The summed E-state index contributed by atoms with van der Waals surface area (Å²) in [7, 11) is 0. The van der Waals surface area contributed by atoms with E-state index in [-0.39, 0.29) is 6.04 Å². The topological polar surface area (TPSA) is 41.6 Å². The van der Waals surface area contributed by atoms with Crippen molar-refractivity contribution in [1.29, 1.82) is 0 Å². The van der Waals surface area contributed by atoms with Crippen molar-refractivity contribution in [2.75, 3.05) is 13.1 Å². The molecule has 2 N–H and O–H groups in total. The molecule has 2 rings (SSSR count). The zero-order valence-corrected chi connectivity index (χ0v) is 7.97. The fourth-order valence-corrected chi connectivity index (χ4v) is 2.51. The maximum atomic E-state index is 5.83. The molecule has 12 heavy (non-hydrogen) atoms. The first-order valence-corrected chi connectivity index (χ1v) is 5.11. The van der Waals surface area contributed by atoms with Crippen molar-refractivity contribution >= 4 is 16.9 Å². The van der Waals surface area contributed by atoms with Gasteiger partial charge in [0.25, 0.3) is 0 Å². The first-order valence-electron chi connectivity index (χ1n) is 4.23. The SMILES string of the molecule is CC(N)C1=CSC2=NCCCN12. The van der Waals surface area contributed by atoms with E-state index in [1.54, 1.807) is 11.8 Å². The third-order valence-corrected chi connectivity index (χ3v) is 3.00. The molecular formula is C8H13N3S. The second kappa shape index (κ2) is 3.11. The van der Waals surface area contributed by atoms with Crippen molar-refractivity contribution in [3.8, 4) is 0 Å². The smallest absolute Gasteiger partial charge is 0.167 e. The van der Waals surface area contributed by atoms with E-state index in [1.165, 1.54) is 5.70 Å². The van der Waals surface area contributed by atoms with Crippen LogP contribution in [0.15, 0.2) is 16.1 Å². The van der Waals surface area contributed by atoms with Gasteiger partial charge in [-0.3, -0.25) is 4.99 Å². The van der Waals surface area contributed by atoms with Gasteiger partial charge >= 0.3 is 0 Å². The van der Waals surface area contributed by atoms with Crippen LogP contribution < -0.4 is 5.73 Å². The lowest BCUT2D eigenvalue weighted by Crippen LogP contribution is -2.36. The summed E-state index contributed by atoms with van der Waals surface area (Å²) >= 11 is 1.70. The third kappa shape index (κ3) is 1.25. The molecule has 0 radical (unpaired) electrons. The van der Waals surface area contributed by atoms with Crippen LogP contribution in [0, 0.1) is 0 Å². The number of fused-ring (bicyclic) bond motifs is 1. The summed E-state index contributed by atoms with van der Waals surface area (Å²) in [5.41, 5.74) is 7.05. The fourth-order valence-electron chi connectivity index (χ4n) is 1.45. The predicted molar refractivity (Wildman–Crippen MR) is 52.9 cm³/mol. The molecule has 0 spiro atoms. The Kier molecular flexibility index (Phi) is 2.11. The van der Waals surface area contributed by atoms with Crippen LogP contribution in [0.3, 0.4) is 0 Å². The predicted octanol–water partition coefficient (Wildman–Crippen LogP) is 0.984. The zero-order valence-electron chi connectivity index (χ0n) is 7.16. The summed E-state index contributed by atoms with van der Waals surface area (Å²) < 4.78 is 0. The van der Waals surface area contributed by atoms with E-state index in [0.717, 1.165) is 24.7 Å². The monoisotopic (exact) mass is 183 g/mol. The molecule has 1 unspecified atom stereocenters. The lowest BCUT2D eigenvalue weighted by molar-refractivity contribution is 0.459. The summed E-state index contributed by atoms with van der Waals surface area (Å²) in [4.78, 5) is 6.66. The summed E-state index contributed by atoms with van der Waals surface area (Å²) in [6, 6.07) is 0.128. The molecule has 0 fully saturated rings. The van der Waals surface area contributed by atoms with Gasteiger partial charge < -0.3 is 10.6 Å². The van der Waals surface area contributed by atoms with Crippen molar-refractivity contribution in [2.45, 2.75) is 19.4 Å². The average Bonchev–Trinajstić information content (AvgIpc) is 2.47. The second-order valence-electron chi connectivity index (χ2n) is 3.12. The number of nitrogens with zero attached hydrogens (tertiary/aromatic N) is 2. The quantitative estimate of drug-likeness (QED) is 0.659.